The van der Waals surface area contributed by atoms with Gasteiger partial charge in [0.25, 0.3) is 0 Å². The molecule has 0 unspecified atom stereocenters. The fourth-order valence-electron chi connectivity index (χ4n) is 2.71. The maximum absolute atomic E-state index is 12.8. The molecule has 1 aliphatic rings. The minimum atomic E-state index is -3.50. The van der Waals surface area contributed by atoms with Crippen LogP contribution in [0.15, 0.2) is 17.0 Å². The molecular weight excluding hydrogens is 308 g/mol. The topological polar surface area (TPSA) is 63.4 Å². The molecule has 0 saturated carbocycles. The predicted octanol–water partition coefficient (Wildman–Crippen LogP) is 3.43. The van der Waals surface area contributed by atoms with Crippen LogP contribution in [-0.4, -0.2) is 25.8 Å². The highest BCUT2D eigenvalue weighted by molar-refractivity contribution is 7.89. The molecule has 1 aliphatic heterocycles. The van der Waals surface area contributed by atoms with E-state index in [1.807, 2.05) is 0 Å². The molecule has 2 N–H and O–H groups in total. The van der Waals surface area contributed by atoms with Crippen LogP contribution in [0.1, 0.15) is 38.7 Å². The highest BCUT2D eigenvalue weighted by atomic mass is 35.5. The van der Waals surface area contributed by atoms with Crippen LogP contribution in [0.25, 0.3) is 0 Å². The molecule has 1 aromatic rings. The summed E-state index contributed by atoms with van der Waals surface area (Å²) < 4.78 is 27.2. The number of aryl methyl sites for hydroxylation is 1. The van der Waals surface area contributed by atoms with Gasteiger partial charge in [-0.1, -0.05) is 31.9 Å². The zero-order valence-electron chi connectivity index (χ0n) is 12.8. The highest BCUT2D eigenvalue weighted by Crippen LogP contribution is 2.36. The molecule has 0 aliphatic carbocycles. The maximum Gasteiger partial charge on any atom is 0.243 e. The number of benzene rings is 1. The first kappa shape index (κ1) is 16.6. The van der Waals surface area contributed by atoms with E-state index in [-0.39, 0.29) is 10.3 Å². The number of piperidine rings is 1. The number of hydrogen-bond donors (Lipinski definition) is 1. The Labute approximate surface area is 132 Å². The van der Waals surface area contributed by atoms with Crippen LogP contribution in [0.2, 0.25) is 5.02 Å². The van der Waals surface area contributed by atoms with E-state index in [9.17, 15) is 8.42 Å². The van der Waals surface area contributed by atoms with E-state index in [0.717, 1.165) is 19.3 Å². The Balaban J connectivity index is 2.30. The Kier molecular flexibility index (Phi) is 4.57. The second-order valence-corrected chi connectivity index (χ2v) is 8.52. The molecule has 0 amide bonds. The van der Waals surface area contributed by atoms with Gasteiger partial charge < -0.3 is 5.73 Å². The molecule has 1 saturated heterocycles. The van der Waals surface area contributed by atoms with Gasteiger partial charge >= 0.3 is 0 Å². The number of nitrogen functional groups attached to an aromatic ring is 1. The first-order valence-electron chi connectivity index (χ1n) is 7.25. The maximum atomic E-state index is 12.8. The van der Waals surface area contributed by atoms with Gasteiger partial charge in [-0.3, -0.25) is 0 Å². The number of halogens is 1. The third-order valence-electron chi connectivity index (χ3n) is 4.70. The number of rotatable bonds is 3. The van der Waals surface area contributed by atoms with Crippen LogP contribution in [0.3, 0.4) is 0 Å². The predicted molar refractivity (Wildman–Crippen MR) is 87.0 cm³/mol. The van der Waals surface area contributed by atoms with Crippen LogP contribution in [0, 0.1) is 12.3 Å². The van der Waals surface area contributed by atoms with Crippen molar-refractivity contribution < 1.29 is 8.42 Å². The largest absolute Gasteiger partial charge is 0.397 e. The van der Waals surface area contributed by atoms with E-state index in [1.54, 1.807) is 17.3 Å². The summed E-state index contributed by atoms with van der Waals surface area (Å²) in [4.78, 5) is 0.268. The van der Waals surface area contributed by atoms with Crippen molar-refractivity contribution in [2.45, 2.75) is 44.9 Å². The van der Waals surface area contributed by atoms with E-state index >= 15 is 0 Å². The zero-order valence-corrected chi connectivity index (χ0v) is 14.4. The first-order chi connectivity index (χ1) is 9.69. The zero-order chi connectivity index (χ0) is 15.8. The third kappa shape index (κ3) is 3.20. The molecule has 21 heavy (non-hydrogen) atoms. The normalized spacial score (nSPS) is 19.6. The molecule has 6 heteroatoms. The molecule has 4 nitrogen and oxygen atoms in total. The highest BCUT2D eigenvalue weighted by Gasteiger charge is 2.35. The number of hydrogen-bond acceptors (Lipinski definition) is 3. The van der Waals surface area contributed by atoms with Crippen molar-refractivity contribution in [3.63, 3.8) is 0 Å². The van der Waals surface area contributed by atoms with Crippen LogP contribution in [-0.2, 0) is 10.0 Å². The molecule has 2 rings (SSSR count). The van der Waals surface area contributed by atoms with Crippen molar-refractivity contribution in [1.29, 1.82) is 0 Å². The van der Waals surface area contributed by atoms with Crippen LogP contribution in [0.4, 0.5) is 5.69 Å². The number of anilines is 1. The molecule has 1 aromatic carbocycles. The average Bonchev–Trinajstić information content (AvgIpc) is 2.43. The summed E-state index contributed by atoms with van der Waals surface area (Å²) in [5.74, 6) is 0. The van der Waals surface area contributed by atoms with Crippen molar-refractivity contribution in [3.05, 3.63) is 22.7 Å². The summed E-state index contributed by atoms with van der Waals surface area (Å²) in [7, 11) is -3.50. The van der Waals surface area contributed by atoms with Gasteiger partial charge in [-0.05, 0) is 42.9 Å². The lowest BCUT2D eigenvalue weighted by molar-refractivity contribution is 0.169. The Hall–Kier alpha value is -0.780. The summed E-state index contributed by atoms with van der Waals surface area (Å²) in [6.07, 6.45) is 2.86. The number of sulfonamides is 1. The molecule has 1 fully saturated rings. The smallest absolute Gasteiger partial charge is 0.243 e. The SMILES string of the molecule is CCC1(C)CCN(S(=O)(=O)c2cc(N)c(Cl)cc2C)CC1. The number of nitrogens with two attached hydrogens (primary N) is 1. The third-order valence-corrected chi connectivity index (χ3v) is 7.06. The van der Waals surface area contributed by atoms with Crippen molar-refractivity contribution in [2.75, 3.05) is 18.8 Å². The van der Waals surface area contributed by atoms with Crippen LogP contribution < -0.4 is 5.73 Å². The number of nitrogens with zero attached hydrogens (tertiary/aromatic N) is 1. The molecule has 0 bridgehead atoms. The molecule has 0 radical (unpaired) electrons. The molecule has 0 spiro atoms. The lowest BCUT2D eigenvalue weighted by Crippen LogP contribution is -2.42. The van der Waals surface area contributed by atoms with E-state index in [0.29, 0.717) is 29.4 Å². The van der Waals surface area contributed by atoms with Crippen molar-refractivity contribution in [3.8, 4) is 0 Å². The van der Waals surface area contributed by atoms with Gasteiger partial charge in [-0.15, -0.1) is 0 Å². The molecule has 118 valence electrons. The Morgan fingerprint density at radius 3 is 2.43 bits per heavy atom. The summed E-state index contributed by atoms with van der Waals surface area (Å²) >= 11 is 5.94. The van der Waals surface area contributed by atoms with Gasteiger partial charge in [0.2, 0.25) is 10.0 Å². The lowest BCUT2D eigenvalue weighted by Gasteiger charge is -2.38. The molecular formula is C15H23ClN2O2S. The van der Waals surface area contributed by atoms with Crippen molar-refractivity contribution >= 4 is 27.3 Å². The van der Waals surface area contributed by atoms with E-state index in [4.69, 9.17) is 17.3 Å². The quantitative estimate of drug-likeness (QED) is 0.863. The monoisotopic (exact) mass is 330 g/mol. The van der Waals surface area contributed by atoms with Gasteiger partial charge in [-0.2, -0.15) is 4.31 Å². The Bertz CT molecular complexity index is 635. The van der Waals surface area contributed by atoms with Crippen LogP contribution in [0.5, 0.6) is 0 Å². The molecule has 0 aromatic heterocycles. The summed E-state index contributed by atoms with van der Waals surface area (Å²) in [5, 5.41) is 0.392. The molecule has 1 heterocycles. The Morgan fingerprint density at radius 2 is 1.90 bits per heavy atom. The minimum Gasteiger partial charge on any atom is -0.397 e. The van der Waals surface area contributed by atoms with Crippen LogP contribution >= 0.6 is 11.6 Å². The fraction of sp³-hybridized carbons (Fsp3) is 0.600. The van der Waals surface area contributed by atoms with Crippen molar-refractivity contribution in [1.82, 2.24) is 4.31 Å². The van der Waals surface area contributed by atoms with E-state index < -0.39 is 10.0 Å². The summed E-state index contributed by atoms with van der Waals surface area (Å²) in [5.41, 5.74) is 6.95. The molecule has 0 atom stereocenters. The lowest BCUT2D eigenvalue weighted by atomic mass is 9.79. The van der Waals surface area contributed by atoms with Gasteiger partial charge in [-0.25, -0.2) is 8.42 Å². The second-order valence-electron chi connectivity index (χ2n) is 6.21. The van der Waals surface area contributed by atoms with Crippen molar-refractivity contribution in [2.24, 2.45) is 5.41 Å². The first-order valence-corrected chi connectivity index (χ1v) is 9.07. The second kappa shape index (κ2) is 5.78. The average molecular weight is 331 g/mol. The van der Waals surface area contributed by atoms with E-state index in [1.165, 1.54) is 6.07 Å². The van der Waals surface area contributed by atoms with E-state index in [2.05, 4.69) is 13.8 Å². The van der Waals surface area contributed by atoms with Gasteiger partial charge in [0.15, 0.2) is 0 Å². The fourth-order valence-corrected chi connectivity index (χ4v) is 4.61. The standard InChI is InChI=1S/C15H23ClN2O2S/c1-4-15(3)5-7-18(8-6-15)21(19,20)14-10-13(17)12(16)9-11(14)2/h9-10H,4-8,17H2,1-3H3. The minimum absolute atomic E-state index is 0.250. The van der Waals surface area contributed by atoms with Gasteiger partial charge in [0.05, 0.1) is 15.6 Å². The van der Waals surface area contributed by atoms with Gasteiger partial charge in [0, 0.05) is 13.1 Å². The van der Waals surface area contributed by atoms with Gasteiger partial charge in [0.1, 0.15) is 0 Å². The summed E-state index contributed by atoms with van der Waals surface area (Å²) in [6.45, 7) is 7.26. The Morgan fingerprint density at radius 1 is 1.33 bits per heavy atom. The summed E-state index contributed by atoms with van der Waals surface area (Å²) in [6, 6.07) is 3.09.